The van der Waals surface area contributed by atoms with Gasteiger partial charge in [-0.05, 0) is 56.3 Å². The third kappa shape index (κ3) is 3.88. The molecule has 0 saturated carbocycles. The number of halogens is 1. The van der Waals surface area contributed by atoms with Crippen LogP contribution in [-0.2, 0) is 6.54 Å². The van der Waals surface area contributed by atoms with E-state index < -0.39 is 0 Å². The standard InChI is InChI=1S/C21H21ClN6O/c22-19-13-16(6-7-23-19)21-25-20(26-29-21)15-4-5-18-17(12-15)24-14-28(18)11-10-27-8-2-1-3-9-27/h4-7,12-14H,1-3,8-11H2. The first kappa shape index (κ1) is 18.3. The number of benzene rings is 1. The molecule has 0 atom stereocenters. The number of fused-ring (bicyclic) bond motifs is 1. The van der Waals surface area contributed by atoms with Gasteiger partial charge in [-0.3, -0.25) is 0 Å². The zero-order valence-electron chi connectivity index (χ0n) is 16.0. The van der Waals surface area contributed by atoms with E-state index >= 15 is 0 Å². The summed E-state index contributed by atoms with van der Waals surface area (Å²) in [6.45, 7) is 4.43. The number of hydrogen-bond donors (Lipinski definition) is 0. The van der Waals surface area contributed by atoms with Crippen LogP contribution in [0.5, 0.6) is 0 Å². The highest BCUT2D eigenvalue weighted by molar-refractivity contribution is 6.29. The van der Waals surface area contributed by atoms with Crippen LogP contribution in [0.3, 0.4) is 0 Å². The molecule has 148 valence electrons. The summed E-state index contributed by atoms with van der Waals surface area (Å²) < 4.78 is 7.62. The second kappa shape index (κ2) is 7.93. The monoisotopic (exact) mass is 408 g/mol. The van der Waals surface area contributed by atoms with E-state index in [1.807, 2.05) is 18.5 Å². The Labute approximate surface area is 173 Å². The second-order valence-electron chi connectivity index (χ2n) is 7.33. The van der Waals surface area contributed by atoms with Crippen molar-refractivity contribution in [3.8, 4) is 22.8 Å². The van der Waals surface area contributed by atoms with Crippen LogP contribution >= 0.6 is 11.6 Å². The van der Waals surface area contributed by atoms with E-state index in [0.717, 1.165) is 35.2 Å². The van der Waals surface area contributed by atoms with E-state index in [4.69, 9.17) is 16.1 Å². The van der Waals surface area contributed by atoms with E-state index in [9.17, 15) is 0 Å². The number of piperidine rings is 1. The molecule has 1 fully saturated rings. The van der Waals surface area contributed by atoms with Crippen LogP contribution in [0.2, 0.25) is 5.15 Å². The van der Waals surface area contributed by atoms with Gasteiger partial charge in [0.05, 0.1) is 17.4 Å². The second-order valence-corrected chi connectivity index (χ2v) is 7.72. The van der Waals surface area contributed by atoms with Crippen molar-refractivity contribution in [2.24, 2.45) is 0 Å². The van der Waals surface area contributed by atoms with Crippen LogP contribution in [-0.4, -0.2) is 49.2 Å². The summed E-state index contributed by atoms with van der Waals surface area (Å²) >= 11 is 5.95. The van der Waals surface area contributed by atoms with Crippen LogP contribution in [0.1, 0.15) is 19.3 Å². The zero-order chi connectivity index (χ0) is 19.6. The largest absolute Gasteiger partial charge is 0.334 e. The number of nitrogens with zero attached hydrogens (tertiary/aromatic N) is 6. The molecular weight excluding hydrogens is 388 g/mol. The fourth-order valence-corrected chi connectivity index (χ4v) is 3.98. The molecule has 3 aromatic heterocycles. The number of pyridine rings is 1. The number of hydrogen-bond acceptors (Lipinski definition) is 6. The Hall–Kier alpha value is -2.77. The van der Waals surface area contributed by atoms with Gasteiger partial charge in [-0.25, -0.2) is 9.97 Å². The average Bonchev–Trinajstić information content (AvgIpc) is 3.40. The van der Waals surface area contributed by atoms with Gasteiger partial charge < -0.3 is 14.0 Å². The summed E-state index contributed by atoms with van der Waals surface area (Å²) in [4.78, 5) is 15.6. The third-order valence-corrected chi connectivity index (χ3v) is 5.59. The highest BCUT2D eigenvalue weighted by Gasteiger charge is 2.14. The van der Waals surface area contributed by atoms with Crippen LogP contribution in [0.15, 0.2) is 47.4 Å². The molecule has 0 radical (unpaired) electrons. The van der Waals surface area contributed by atoms with Gasteiger partial charge in [0.15, 0.2) is 0 Å². The molecule has 1 saturated heterocycles. The third-order valence-electron chi connectivity index (χ3n) is 5.38. The van der Waals surface area contributed by atoms with Gasteiger partial charge in [-0.1, -0.05) is 23.2 Å². The van der Waals surface area contributed by atoms with E-state index in [1.165, 1.54) is 32.4 Å². The van der Waals surface area contributed by atoms with E-state index in [1.54, 1.807) is 18.3 Å². The van der Waals surface area contributed by atoms with Crippen molar-refractivity contribution in [1.29, 1.82) is 0 Å². The van der Waals surface area contributed by atoms with E-state index in [0.29, 0.717) is 16.9 Å². The summed E-state index contributed by atoms with van der Waals surface area (Å²) in [7, 11) is 0. The van der Waals surface area contributed by atoms with Crippen LogP contribution in [0, 0.1) is 0 Å². The molecule has 4 aromatic rings. The molecule has 1 aliphatic rings. The Balaban J connectivity index is 1.35. The minimum absolute atomic E-state index is 0.388. The quantitative estimate of drug-likeness (QED) is 0.459. The molecule has 4 heterocycles. The summed E-state index contributed by atoms with van der Waals surface area (Å²) in [5, 5.41) is 4.50. The zero-order valence-corrected chi connectivity index (χ0v) is 16.7. The Bertz CT molecular complexity index is 1130. The first-order valence-corrected chi connectivity index (χ1v) is 10.3. The van der Waals surface area contributed by atoms with E-state index in [-0.39, 0.29) is 0 Å². The molecule has 5 rings (SSSR count). The molecule has 8 heteroatoms. The maximum absolute atomic E-state index is 5.95. The Morgan fingerprint density at radius 3 is 2.72 bits per heavy atom. The molecule has 0 spiro atoms. The molecule has 0 aliphatic carbocycles. The summed E-state index contributed by atoms with van der Waals surface area (Å²) in [6.07, 6.45) is 7.52. The molecule has 7 nitrogen and oxygen atoms in total. The van der Waals surface area contributed by atoms with E-state index in [2.05, 4.69) is 35.6 Å². The molecule has 29 heavy (non-hydrogen) atoms. The lowest BCUT2D eigenvalue weighted by molar-refractivity contribution is 0.221. The lowest BCUT2D eigenvalue weighted by Crippen LogP contribution is -2.32. The lowest BCUT2D eigenvalue weighted by atomic mass is 10.1. The van der Waals surface area contributed by atoms with Gasteiger partial charge in [0.25, 0.3) is 5.89 Å². The van der Waals surface area contributed by atoms with Crippen molar-refractivity contribution in [2.75, 3.05) is 19.6 Å². The van der Waals surface area contributed by atoms with Gasteiger partial charge in [0.2, 0.25) is 5.82 Å². The first-order valence-electron chi connectivity index (χ1n) is 9.89. The van der Waals surface area contributed by atoms with Crippen LogP contribution in [0.4, 0.5) is 0 Å². The topological polar surface area (TPSA) is 72.9 Å². The SMILES string of the molecule is Clc1cc(-c2nc(-c3ccc4c(c3)ncn4CCN3CCCCC3)no2)ccn1. The molecular formula is C21H21ClN6O. The van der Waals surface area contributed by atoms with Gasteiger partial charge in [0.1, 0.15) is 5.15 Å². The molecule has 0 unspecified atom stereocenters. The summed E-state index contributed by atoms with van der Waals surface area (Å²) in [5.74, 6) is 0.939. The molecule has 0 amide bonds. The maximum Gasteiger partial charge on any atom is 0.258 e. The number of rotatable bonds is 5. The lowest BCUT2D eigenvalue weighted by Gasteiger charge is -2.26. The molecule has 0 bridgehead atoms. The van der Waals surface area contributed by atoms with Crippen molar-refractivity contribution in [3.63, 3.8) is 0 Å². The first-order chi connectivity index (χ1) is 14.3. The van der Waals surface area contributed by atoms with Gasteiger partial charge >= 0.3 is 0 Å². The average molecular weight is 409 g/mol. The number of aromatic nitrogens is 5. The Morgan fingerprint density at radius 1 is 0.966 bits per heavy atom. The minimum Gasteiger partial charge on any atom is -0.334 e. The fraction of sp³-hybridized carbons (Fsp3) is 0.333. The van der Waals surface area contributed by atoms with Crippen molar-refractivity contribution in [2.45, 2.75) is 25.8 Å². The van der Waals surface area contributed by atoms with Crippen LogP contribution in [0.25, 0.3) is 33.9 Å². The minimum atomic E-state index is 0.388. The highest BCUT2D eigenvalue weighted by atomic mass is 35.5. The van der Waals surface area contributed by atoms with Crippen molar-refractivity contribution in [3.05, 3.63) is 48.0 Å². The van der Waals surface area contributed by atoms with Gasteiger partial charge in [-0.15, -0.1) is 0 Å². The predicted molar refractivity (Wildman–Crippen MR) is 112 cm³/mol. The van der Waals surface area contributed by atoms with Crippen molar-refractivity contribution >= 4 is 22.6 Å². The van der Waals surface area contributed by atoms with Gasteiger partial charge in [0, 0.05) is 30.4 Å². The van der Waals surface area contributed by atoms with Crippen LogP contribution < -0.4 is 0 Å². The number of likely N-dealkylation sites (tertiary alicyclic amines) is 1. The smallest absolute Gasteiger partial charge is 0.258 e. The maximum atomic E-state index is 5.95. The molecule has 0 N–H and O–H groups in total. The molecule has 1 aliphatic heterocycles. The highest BCUT2D eigenvalue weighted by Crippen LogP contribution is 2.25. The number of imidazole rings is 1. The van der Waals surface area contributed by atoms with Crippen molar-refractivity contribution < 1.29 is 4.52 Å². The summed E-state index contributed by atoms with van der Waals surface area (Å²) in [5.41, 5.74) is 3.66. The Morgan fingerprint density at radius 2 is 1.86 bits per heavy atom. The molecule has 1 aromatic carbocycles. The van der Waals surface area contributed by atoms with Gasteiger partial charge in [-0.2, -0.15) is 4.98 Å². The van der Waals surface area contributed by atoms with Crippen molar-refractivity contribution in [1.82, 2.24) is 29.6 Å². The normalized spacial score (nSPS) is 15.2. The summed E-state index contributed by atoms with van der Waals surface area (Å²) in [6, 6.07) is 9.58. The Kier molecular flexibility index (Phi) is 4.99. The fourth-order valence-electron chi connectivity index (χ4n) is 3.81. The predicted octanol–water partition coefficient (Wildman–Crippen LogP) is 4.29.